The lowest BCUT2D eigenvalue weighted by Crippen LogP contribution is -2.45. The van der Waals surface area contributed by atoms with Crippen molar-refractivity contribution >= 4 is 13.7 Å². The molecule has 1 unspecified atom stereocenters. The van der Waals surface area contributed by atoms with E-state index in [2.05, 4.69) is 20.1 Å². The van der Waals surface area contributed by atoms with Crippen molar-refractivity contribution < 1.29 is 38.5 Å². The summed E-state index contributed by atoms with van der Waals surface area (Å²) >= 11 is 0. The number of aliphatic carboxylic acids is 1. The molecule has 0 spiro atoms. The number of nitrogens with one attached hydrogen (secondary N) is 2. The van der Waals surface area contributed by atoms with E-state index in [0.29, 0.717) is 4.57 Å². The standard InChI is InChI=1S/C19H20N7O10P/c1-10(17(30)31)23-37(33,36-12-4-2-11(8-20)3-5-12)34-9-19(24-25-21)15(29)14(28)16(35-19)26-13(27)6-7-22-18(26)32/h2-7,10,14-16,28-29H,9H2,1H3,(H,22,32)(H,23,33)(H,30,31)/t10-,14+,15-,16+,19+,37?/m0/s1. The molecule has 0 bridgehead atoms. The number of aliphatic hydroxyl groups excluding tert-OH is 2. The molecule has 1 fully saturated rings. The van der Waals surface area contributed by atoms with Gasteiger partial charge in [-0.05, 0) is 36.7 Å². The predicted octanol–water partition coefficient (Wildman–Crippen LogP) is -0.0681. The molecule has 17 nitrogen and oxygen atoms in total. The highest BCUT2D eigenvalue weighted by Crippen LogP contribution is 2.48. The SMILES string of the molecule is C[C@H](NP(=O)(OC[C@@]1(N=[N+]=[N-])O[C@@H](n2c(=O)cc[nH]c2=O)[C@H](O)[C@@H]1O)Oc1ccc(C#N)cc1)C(=O)O. The Labute approximate surface area is 206 Å². The summed E-state index contributed by atoms with van der Waals surface area (Å²) in [5.41, 5.74) is 4.82. The van der Waals surface area contributed by atoms with Crippen LogP contribution in [0.3, 0.4) is 0 Å². The number of azide groups is 1. The fraction of sp³-hybridized carbons (Fsp3) is 0.368. The van der Waals surface area contributed by atoms with Gasteiger partial charge in [-0.2, -0.15) is 10.3 Å². The molecule has 5 N–H and O–H groups in total. The minimum atomic E-state index is -4.66. The molecular formula is C19H20N7O10P. The van der Waals surface area contributed by atoms with Crippen molar-refractivity contribution in [2.75, 3.05) is 6.61 Å². The van der Waals surface area contributed by atoms with Crippen molar-refractivity contribution in [2.45, 2.75) is 37.1 Å². The summed E-state index contributed by atoms with van der Waals surface area (Å²) in [5.74, 6) is -1.55. The Morgan fingerprint density at radius 3 is 2.65 bits per heavy atom. The third-order valence-electron chi connectivity index (χ3n) is 5.13. The van der Waals surface area contributed by atoms with Gasteiger partial charge in [-0.15, -0.1) is 0 Å². The molecule has 0 amide bonds. The summed E-state index contributed by atoms with van der Waals surface area (Å²) in [5, 5.41) is 44.7. The van der Waals surface area contributed by atoms with Crippen molar-refractivity contribution in [3.63, 3.8) is 0 Å². The molecular weight excluding hydrogens is 517 g/mol. The first-order chi connectivity index (χ1) is 17.4. The second kappa shape index (κ2) is 10.9. The van der Waals surface area contributed by atoms with Gasteiger partial charge in [0.2, 0.25) is 5.72 Å². The van der Waals surface area contributed by atoms with Gasteiger partial charge >= 0.3 is 19.4 Å². The number of ether oxygens (including phenoxy) is 1. The molecule has 3 rings (SSSR count). The Balaban J connectivity index is 1.95. The van der Waals surface area contributed by atoms with E-state index in [1.54, 1.807) is 0 Å². The number of aliphatic hydroxyl groups is 2. The highest BCUT2D eigenvalue weighted by molar-refractivity contribution is 7.52. The lowest BCUT2D eigenvalue weighted by molar-refractivity contribution is -0.138. The quantitative estimate of drug-likeness (QED) is 0.115. The molecule has 1 saturated heterocycles. The van der Waals surface area contributed by atoms with E-state index in [1.807, 2.05) is 6.07 Å². The van der Waals surface area contributed by atoms with Crippen LogP contribution < -0.4 is 20.9 Å². The first-order valence-electron chi connectivity index (χ1n) is 10.3. The predicted molar refractivity (Wildman–Crippen MR) is 121 cm³/mol. The van der Waals surface area contributed by atoms with Crippen LogP contribution in [-0.4, -0.2) is 61.4 Å². The maximum atomic E-state index is 13.5. The van der Waals surface area contributed by atoms with Crippen LogP contribution in [0.1, 0.15) is 18.7 Å². The van der Waals surface area contributed by atoms with E-state index in [1.165, 1.54) is 24.3 Å². The number of nitriles is 1. The fourth-order valence-corrected chi connectivity index (χ4v) is 4.77. The monoisotopic (exact) mass is 537 g/mol. The Kier molecular flexibility index (Phi) is 8.16. The van der Waals surface area contributed by atoms with Gasteiger partial charge in [0.1, 0.15) is 24.0 Å². The molecule has 6 atom stereocenters. The fourth-order valence-electron chi connectivity index (χ4n) is 3.25. The van der Waals surface area contributed by atoms with E-state index in [9.17, 15) is 34.3 Å². The van der Waals surface area contributed by atoms with Gasteiger partial charge in [0.15, 0.2) is 6.23 Å². The van der Waals surface area contributed by atoms with Gasteiger partial charge in [0.25, 0.3) is 5.56 Å². The summed E-state index contributed by atoms with van der Waals surface area (Å²) in [4.78, 5) is 40.4. The zero-order valence-electron chi connectivity index (χ0n) is 18.9. The number of carboxylic acid groups (broad SMARTS) is 1. The van der Waals surface area contributed by atoms with E-state index in [0.717, 1.165) is 19.2 Å². The second-order valence-corrected chi connectivity index (χ2v) is 9.35. The smallest absolute Gasteiger partial charge is 0.459 e. The van der Waals surface area contributed by atoms with Gasteiger partial charge in [-0.1, -0.05) is 5.11 Å². The van der Waals surface area contributed by atoms with Gasteiger partial charge in [-0.3, -0.25) is 14.1 Å². The minimum absolute atomic E-state index is 0.113. The van der Waals surface area contributed by atoms with Gasteiger partial charge < -0.3 is 29.6 Å². The zero-order valence-corrected chi connectivity index (χ0v) is 19.8. The summed E-state index contributed by atoms with van der Waals surface area (Å²) in [7, 11) is -4.66. The van der Waals surface area contributed by atoms with Crippen LogP contribution in [0.5, 0.6) is 5.75 Å². The molecule has 1 aromatic carbocycles. The largest absolute Gasteiger partial charge is 0.480 e. The molecule has 2 heterocycles. The first kappa shape index (κ1) is 27.6. The van der Waals surface area contributed by atoms with Crippen LogP contribution in [-0.2, 0) is 18.6 Å². The van der Waals surface area contributed by atoms with Gasteiger partial charge in [0, 0.05) is 17.2 Å². The maximum absolute atomic E-state index is 13.5. The molecule has 0 aliphatic carbocycles. The van der Waals surface area contributed by atoms with Crippen LogP contribution in [0.4, 0.5) is 0 Å². The lowest BCUT2D eigenvalue weighted by Gasteiger charge is -2.29. The van der Waals surface area contributed by atoms with Crippen LogP contribution >= 0.6 is 7.75 Å². The normalized spacial score (nSPS) is 25.3. The van der Waals surface area contributed by atoms with Crippen molar-refractivity contribution in [3.8, 4) is 11.8 Å². The minimum Gasteiger partial charge on any atom is -0.480 e. The number of hydrogen-bond acceptors (Lipinski definition) is 11. The molecule has 0 radical (unpaired) electrons. The number of carboxylic acids is 1. The Morgan fingerprint density at radius 1 is 1.41 bits per heavy atom. The number of hydrogen-bond donors (Lipinski definition) is 5. The van der Waals surface area contributed by atoms with Crippen LogP contribution in [0, 0.1) is 11.3 Å². The molecule has 18 heteroatoms. The summed E-state index contributed by atoms with van der Waals surface area (Å²) < 4.78 is 29.9. The summed E-state index contributed by atoms with van der Waals surface area (Å²) in [6.07, 6.45) is -4.93. The average molecular weight is 537 g/mol. The topological polar surface area (TPSA) is 262 Å². The number of carbonyl (C=O) groups is 1. The van der Waals surface area contributed by atoms with Crippen LogP contribution in [0.15, 0.2) is 51.2 Å². The number of nitrogens with zero attached hydrogens (tertiary/aromatic N) is 5. The Bertz CT molecular complexity index is 1390. The van der Waals surface area contributed by atoms with Gasteiger partial charge in [-0.25, -0.2) is 13.9 Å². The highest BCUT2D eigenvalue weighted by Gasteiger charge is 2.57. The Morgan fingerprint density at radius 2 is 2.08 bits per heavy atom. The number of H-pyrrole nitrogens is 1. The molecule has 1 aliphatic heterocycles. The van der Waals surface area contributed by atoms with Crippen molar-refractivity contribution in [3.05, 3.63) is 73.4 Å². The summed E-state index contributed by atoms with van der Waals surface area (Å²) in [6.45, 7) is 0.0245. The number of benzene rings is 1. The molecule has 1 aromatic heterocycles. The van der Waals surface area contributed by atoms with E-state index in [4.69, 9.17) is 24.6 Å². The molecule has 37 heavy (non-hydrogen) atoms. The Hall–Kier alpha value is -4.00. The molecule has 1 aliphatic rings. The van der Waals surface area contributed by atoms with Crippen molar-refractivity contribution in [1.29, 1.82) is 5.26 Å². The zero-order chi connectivity index (χ0) is 27.4. The van der Waals surface area contributed by atoms with E-state index >= 15 is 0 Å². The third kappa shape index (κ3) is 5.88. The lowest BCUT2D eigenvalue weighted by atomic mass is 10.1. The van der Waals surface area contributed by atoms with Crippen molar-refractivity contribution in [2.24, 2.45) is 5.11 Å². The van der Waals surface area contributed by atoms with Crippen LogP contribution in [0.2, 0.25) is 0 Å². The maximum Gasteiger partial charge on any atom is 0.459 e. The second-order valence-electron chi connectivity index (χ2n) is 7.66. The number of aromatic amines is 1. The van der Waals surface area contributed by atoms with E-state index in [-0.39, 0.29) is 11.3 Å². The molecule has 0 saturated carbocycles. The first-order valence-corrected chi connectivity index (χ1v) is 11.8. The van der Waals surface area contributed by atoms with Crippen molar-refractivity contribution in [1.82, 2.24) is 14.6 Å². The molecule has 2 aromatic rings. The summed E-state index contributed by atoms with van der Waals surface area (Å²) in [6, 6.07) is 6.45. The number of rotatable bonds is 10. The highest BCUT2D eigenvalue weighted by atomic mass is 31.2. The third-order valence-corrected chi connectivity index (χ3v) is 6.76. The number of aromatic nitrogens is 2. The van der Waals surface area contributed by atoms with Gasteiger partial charge in [0.05, 0.1) is 18.2 Å². The van der Waals surface area contributed by atoms with Crippen LogP contribution in [0.25, 0.3) is 10.4 Å². The molecule has 196 valence electrons. The van der Waals surface area contributed by atoms with E-state index < -0.39 is 61.8 Å². The average Bonchev–Trinajstić information content (AvgIpc) is 3.09.